The van der Waals surface area contributed by atoms with Gasteiger partial charge in [0.25, 0.3) is 0 Å². The molecule has 6 heteroatoms. The van der Waals surface area contributed by atoms with Crippen LogP contribution in [0.1, 0.15) is 25.7 Å². The lowest BCUT2D eigenvalue weighted by Crippen LogP contribution is -2.21. The van der Waals surface area contributed by atoms with E-state index in [1.165, 1.54) is 0 Å². The third-order valence-corrected chi connectivity index (χ3v) is 6.72. The molecule has 0 radical (unpaired) electrons. The molecular formula is C16H34O4Si2. The van der Waals surface area contributed by atoms with E-state index in [9.17, 15) is 9.59 Å². The standard InChI is InChI=1S/C16H34O4Si2/c1-21(2,3)13-9-15(17)19-11-7-8-12-20-16(18)10-14-22(4,5)6/h7-14H2,1-6H3. The van der Waals surface area contributed by atoms with Crippen LogP contribution in [0.25, 0.3) is 0 Å². The molecule has 130 valence electrons. The zero-order chi connectivity index (χ0) is 17.2. The minimum absolute atomic E-state index is 0.102. The van der Waals surface area contributed by atoms with Crippen molar-refractivity contribution in [3.8, 4) is 0 Å². The number of ether oxygens (including phenoxy) is 2. The van der Waals surface area contributed by atoms with Gasteiger partial charge in [0.05, 0.1) is 13.2 Å². The summed E-state index contributed by atoms with van der Waals surface area (Å²) in [6, 6.07) is 1.95. The Balaban J connectivity index is 3.50. The van der Waals surface area contributed by atoms with E-state index in [0.717, 1.165) is 24.9 Å². The summed E-state index contributed by atoms with van der Waals surface area (Å²) in [6.45, 7) is 14.3. The zero-order valence-corrected chi connectivity index (χ0v) is 17.3. The van der Waals surface area contributed by atoms with Crippen molar-refractivity contribution in [3.63, 3.8) is 0 Å². The lowest BCUT2D eigenvalue weighted by atomic mass is 10.3. The zero-order valence-electron chi connectivity index (χ0n) is 15.3. The number of carbonyl (C=O) groups excluding carboxylic acids is 2. The molecule has 0 fully saturated rings. The fourth-order valence-corrected chi connectivity index (χ4v) is 3.58. The van der Waals surface area contributed by atoms with E-state index in [4.69, 9.17) is 9.47 Å². The van der Waals surface area contributed by atoms with Gasteiger partial charge < -0.3 is 9.47 Å². The molecule has 0 aliphatic heterocycles. The molecule has 0 N–H and O–H groups in total. The summed E-state index contributed by atoms with van der Waals surface area (Å²) in [7, 11) is -2.34. The van der Waals surface area contributed by atoms with E-state index in [-0.39, 0.29) is 11.9 Å². The smallest absolute Gasteiger partial charge is 0.305 e. The van der Waals surface area contributed by atoms with Gasteiger partial charge in [-0.3, -0.25) is 9.59 Å². The Morgan fingerprint density at radius 1 is 0.682 bits per heavy atom. The van der Waals surface area contributed by atoms with Gasteiger partial charge in [-0.15, -0.1) is 0 Å². The normalized spacial score (nSPS) is 12.1. The molecule has 0 amide bonds. The van der Waals surface area contributed by atoms with E-state index < -0.39 is 16.1 Å². The summed E-state index contributed by atoms with van der Waals surface area (Å²) < 4.78 is 10.4. The van der Waals surface area contributed by atoms with Crippen LogP contribution in [-0.2, 0) is 19.1 Å². The maximum atomic E-state index is 11.5. The minimum atomic E-state index is -1.17. The third kappa shape index (κ3) is 15.8. The fourth-order valence-electron chi connectivity index (χ4n) is 1.67. The quantitative estimate of drug-likeness (QED) is 0.318. The molecule has 0 spiro atoms. The summed E-state index contributed by atoms with van der Waals surface area (Å²) in [4.78, 5) is 23.1. The van der Waals surface area contributed by atoms with Crippen molar-refractivity contribution in [2.75, 3.05) is 13.2 Å². The summed E-state index contributed by atoms with van der Waals surface area (Å²) in [5.41, 5.74) is 0. The molecule has 0 aliphatic rings. The molecule has 0 saturated carbocycles. The van der Waals surface area contributed by atoms with Crippen LogP contribution in [-0.4, -0.2) is 41.3 Å². The van der Waals surface area contributed by atoms with Gasteiger partial charge in [0.1, 0.15) is 0 Å². The molecule has 0 rings (SSSR count). The van der Waals surface area contributed by atoms with Crippen molar-refractivity contribution in [1.82, 2.24) is 0 Å². The summed E-state index contributed by atoms with van der Waals surface area (Å²) >= 11 is 0. The highest BCUT2D eigenvalue weighted by Gasteiger charge is 2.16. The molecule has 4 nitrogen and oxygen atoms in total. The Morgan fingerprint density at radius 2 is 1.00 bits per heavy atom. The lowest BCUT2D eigenvalue weighted by Gasteiger charge is -2.15. The summed E-state index contributed by atoms with van der Waals surface area (Å²) in [5, 5.41) is 0. The molecule has 0 heterocycles. The van der Waals surface area contributed by atoms with Gasteiger partial charge in [0.15, 0.2) is 0 Å². The molecule has 0 aromatic rings. The van der Waals surface area contributed by atoms with Crippen molar-refractivity contribution in [1.29, 1.82) is 0 Å². The molecule has 0 atom stereocenters. The largest absolute Gasteiger partial charge is 0.466 e. The lowest BCUT2D eigenvalue weighted by molar-refractivity contribution is -0.145. The Labute approximate surface area is 138 Å². The highest BCUT2D eigenvalue weighted by atomic mass is 28.3. The summed E-state index contributed by atoms with van der Waals surface area (Å²) in [6.07, 6.45) is 2.56. The number of esters is 2. The average molecular weight is 347 g/mol. The second-order valence-electron chi connectivity index (χ2n) is 8.27. The molecule has 0 bridgehead atoms. The van der Waals surface area contributed by atoms with Gasteiger partial charge in [-0.2, -0.15) is 0 Å². The second-order valence-corrected chi connectivity index (χ2v) is 19.5. The molecule has 0 aliphatic carbocycles. The van der Waals surface area contributed by atoms with Crippen molar-refractivity contribution >= 4 is 28.1 Å². The highest BCUT2D eigenvalue weighted by molar-refractivity contribution is 6.76. The first-order chi connectivity index (χ1) is 9.99. The number of carbonyl (C=O) groups is 2. The summed E-state index contributed by atoms with van der Waals surface area (Å²) in [5.74, 6) is -0.205. The van der Waals surface area contributed by atoms with E-state index in [1.54, 1.807) is 0 Å². The van der Waals surface area contributed by atoms with Crippen LogP contribution < -0.4 is 0 Å². The monoisotopic (exact) mass is 346 g/mol. The Bertz CT molecular complexity index is 309. The van der Waals surface area contributed by atoms with Gasteiger partial charge in [0.2, 0.25) is 0 Å². The van der Waals surface area contributed by atoms with Crippen LogP contribution in [0.5, 0.6) is 0 Å². The van der Waals surface area contributed by atoms with Gasteiger partial charge >= 0.3 is 11.9 Å². The van der Waals surface area contributed by atoms with Crippen molar-refractivity contribution < 1.29 is 19.1 Å². The maximum absolute atomic E-state index is 11.5. The van der Waals surface area contributed by atoms with E-state index >= 15 is 0 Å². The first-order valence-electron chi connectivity index (χ1n) is 8.31. The molecule has 0 saturated heterocycles. The van der Waals surface area contributed by atoms with Crippen LogP contribution in [0.15, 0.2) is 0 Å². The van der Waals surface area contributed by atoms with Gasteiger partial charge in [0, 0.05) is 29.0 Å². The number of hydrogen-bond acceptors (Lipinski definition) is 4. The van der Waals surface area contributed by atoms with Crippen LogP contribution in [0.2, 0.25) is 51.4 Å². The molecule has 0 aromatic carbocycles. The predicted octanol–water partition coefficient (Wildman–Crippen LogP) is 4.31. The maximum Gasteiger partial charge on any atom is 0.305 e. The molecule has 0 aromatic heterocycles. The molecular weight excluding hydrogens is 312 g/mol. The van der Waals surface area contributed by atoms with Crippen molar-refractivity contribution in [3.05, 3.63) is 0 Å². The van der Waals surface area contributed by atoms with Crippen LogP contribution >= 0.6 is 0 Å². The van der Waals surface area contributed by atoms with Gasteiger partial charge in [-0.1, -0.05) is 39.3 Å². The molecule has 0 unspecified atom stereocenters. The number of rotatable bonds is 11. The van der Waals surface area contributed by atoms with Crippen molar-refractivity contribution in [2.24, 2.45) is 0 Å². The van der Waals surface area contributed by atoms with E-state index in [0.29, 0.717) is 26.1 Å². The SMILES string of the molecule is C[Si](C)(C)CCC(=O)OCCCCOC(=O)CC[Si](C)(C)C. The van der Waals surface area contributed by atoms with E-state index in [1.807, 2.05) is 0 Å². The third-order valence-electron chi connectivity index (χ3n) is 3.22. The average Bonchev–Trinajstić information content (AvgIpc) is 2.36. The van der Waals surface area contributed by atoms with Crippen molar-refractivity contribution in [2.45, 2.75) is 77.1 Å². The van der Waals surface area contributed by atoms with Crippen LogP contribution in [0.3, 0.4) is 0 Å². The Hall–Kier alpha value is -0.626. The van der Waals surface area contributed by atoms with Crippen LogP contribution in [0, 0.1) is 0 Å². The predicted molar refractivity (Wildman–Crippen MR) is 96.7 cm³/mol. The van der Waals surface area contributed by atoms with Crippen LogP contribution in [0.4, 0.5) is 0 Å². The first kappa shape index (κ1) is 21.4. The van der Waals surface area contributed by atoms with Gasteiger partial charge in [-0.05, 0) is 24.9 Å². The van der Waals surface area contributed by atoms with E-state index in [2.05, 4.69) is 39.3 Å². The Morgan fingerprint density at radius 3 is 1.27 bits per heavy atom. The number of hydrogen-bond donors (Lipinski definition) is 0. The minimum Gasteiger partial charge on any atom is -0.466 e. The highest BCUT2D eigenvalue weighted by Crippen LogP contribution is 2.12. The molecule has 22 heavy (non-hydrogen) atoms. The number of unbranched alkanes of at least 4 members (excludes halogenated alkanes) is 1. The fraction of sp³-hybridized carbons (Fsp3) is 0.875. The topological polar surface area (TPSA) is 52.6 Å². The first-order valence-corrected chi connectivity index (χ1v) is 15.7. The van der Waals surface area contributed by atoms with Gasteiger partial charge in [-0.25, -0.2) is 0 Å². The second kappa shape index (κ2) is 10.2. The Kier molecular flexibility index (Phi) is 9.91.